The standard InChI is InChI=1S/C13H15N3O2S/c17-19(18)7-5-10(6-8-19)15-13-9-14-11-3-1-2-4-12(11)16-13/h1-4,9-10H,5-8H2,(H,15,16). The van der Waals surface area contributed by atoms with Crippen LogP contribution in [0, 0.1) is 0 Å². The predicted molar refractivity (Wildman–Crippen MR) is 74.8 cm³/mol. The number of aromatic nitrogens is 2. The molecule has 0 saturated carbocycles. The molecule has 1 N–H and O–H groups in total. The molecular formula is C13H15N3O2S. The number of hydrogen-bond donors (Lipinski definition) is 1. The van der Waals surface area contributed by atoms with E-state index >= 15 is 0 Å². The van der Waals surface area contributed by atoms with E-state index in [4.69, 9.17) is 0 Å². The largest absolute Gasteiger partial charge is 0.366 e. The third kappa shape index (κ3) is 2.84. The van der Waals surface area contributed by atoms with Gasteiger partial charge in [0.2, 0.25) is 0 Å². The van der Waals surface area contributed by atoms with E-state index in [0.717, 1.165) is 11.0 Å². The Balaban J connectivity index is 1.75. The Morgan fingerprint density at radius 2 is 1.79 bits per heavy atom. The molecule has 3 rings (SSSR count). The zero-order valence-corrected chi connectivity index (χ0v) is 11.2. The third-order valence-electron chi connectivity index (χ3n) is 3.36. The molecule has 5 nitrogen and oxygen atoms in total. The normalized spacial score (nSPS) is 19.4. The Morgan fingerprint density at radius 1 is 1.11 bits per heavy atom. The van der Waals surface area contributed by atoms with Gasteiger partial charge < -0.3 is 5.32 Å². The average molecular weight is 277 g/mol. The molecule has 2 aromatic rings. The molecule has 0 radical (unpaired) electrons. The highest BCUT2D eigenvalue weighted by atomic mass is 32.2. The Morgan fingerprint density at radius 3 is 2.53 bits per heavy atom. The fourth-order valence-electron chi connectivity index (χ4n) is 2.27. The summed E-state index contributed by atoms with van der Waals surface area (Å²) in [4.78, 5) is 8.81. The number of hydrogen-bond acceptors (Lipinski definition) is 5. The van der Waals surface area contributed by atoms with Gasteiger partial charge in [0, 0.05) is 6.04 Å². The molecular weight excluding hydrogens is 262 g/mol. The second-order valence-electron chi connectivity index (χ2n) is 4.81. The van der Waals surface area contributed by atoms with E-state index in [1.165, 1.54) is 0 Å². The van der Waals surface area contributed by atoms with Gasteiger partial charge in [0.15, 0.2) is 0 Å². The molecule has 1 aliphatic heterocycles. The van der Waals surface area contributed by atoms with Crippen LogP contribution in [-0.2, 0) is 9.84 Å². The topological polar surface area (TPSA) is 72.0 Å². The van der Waals surface area contributed by atoms with Gasteiger partial charge in [0.1, 0.15) is 15.7 Å². The molecule has 0 atom stereocenters. The van der Waals surface area contributed by atoms with Gasteiger partial charge in [-0.25, -0.2) is 13.4 Å². The SMILES string of the molecule is O=S1(=O)CCC(Nc2cnc3ccccc3n2)CC1. The summed E-state index contributed by atoms with van der Waals surface area (Å²) in [5.74, 6) is 1.22. The van der Waals surface area contributed by atoms with E-state index in [-0.39, 0.29) is 17.5 Å². The monoisotopic (exact) mass is 277 g/mol. The molecule has 19 heavy (non-hydrogen) atoms. The zero-order valence-electron chi connectivity index (χ0n) is 10.4. The van der Waals surface area contributed by atoms with Crippen LogP contribution in [0.25, 0.3) is 11.0 Å². The lowest BCUT2D eigenvalue weighted by Crippen LogP contribution is -2.32. The van der Waals surface area contributed by atoms with E-state index in [9.17, 15) is 8.42 Å². The lowest BCUT2D eigenvalue weighted by molar-refractivity contribution is 0.559. The van der Waals surface area contributed by atoms with Gasteiger partial charge in [-0.1, -0.05) is 12.1 Å². The summed E-state index contributed by atoms with van der Waals surface area (Å²) >= 11 is 0. The first-order valence-electron chi connectivity index (χ1n) is 6.31. The predicted octanol–water partition coefficient (Wildman–Crippen LogP) is 1.62. The van der Waals surface area contributed by atoms with Crippen LogP contribution in [0.4, 0.5) is 5.82 Å². The number of fused-ring (bicyclic) bond motifs is 1. The Bertz CT molecular complexity index is 686. The summed E-state index contributed by atoms with van der Waals surface area (Å²) in [5.41, 5.74) is 1.70. The van der Waals surface area contributed by atoms with Crippen molar-refractivity contribution in [1.82, 2.24) is 9.97 Å². The number of para-hydroxylation sites is 2. The second-order valence-corrected chi connectivity index (χ2v) is 7.12. The molecule has 0 aliphatic carbocycles. The fourth-order valence-corrected chi connectivity index (χ4v) is 3.76. The number of rotatable bonds is 2. The van der Waals surface area contributed by atoms with Gasteiger partial charge in [-0.05, 0) is 25.0 Å². The molecule has 1 saturated heterocycles. The number of nitrogens with one attached hydrogen (secondary N) is 1. The van der Waals surface area contributed by atoms with E-state index in [2.05, 4.69) is 15.3 Å². The molecule has 6 heteroatoms. The zero-order chi connectivity index (χ0) is 13.3. The quantitative estimate of drug-likeness (QED) is 0.903. The van der Waals surface area contributed by atoms with Gasteiger partial charge in [-0.15, -0.1) is 0 Å². The highest BCUT2D eigenvalue weighted by molar-refractivity contribution is 7.91. The smallest absolute Gasteiger partial charge is 0.150 e. The molecule has 1 aromatic carbocycles. The van der Waals surface area contributed by atoms with Crippen molar-refractivity contribution in [1.29, 1.82) is 0 Å². The first-order valence-corrected chi connectivity index (χ1v) is 8.13. The Hall–Kier alpha value is -1.69. The fraction of sp³-hybridized carbons (Fsp3) is 0.385. The van der Waals surface area contributed by atoms with E-state index in [0.29, 0.717) is 18.7 Å². The van der Waals surface area contributed by atoms with Crippen molar-refractivity contribution < 1.29 is 8.42 Å². The van der Waals surface area contributed by atoms with E-state index in [1.54, 1.807) is 6.20 Å². The summed E-state index contributed by atoms with van der Waals surface area (Å²) < 4.78 is 22.7. The highest BCUT2D eigenvalue weighted by Gasteiger charge is 2.23. The second kappa shape index (κ2) is 4.77. The molecule has 0 bridgehead atoms. The lowest BCUT2D eigenvalue weighted by Gasteiger charge is -2.23. The van der Waals surface area contributed by atoms with Crippen LogP contribution in [0.3, 0.4) is 0 Å². The van der Waals surface area contributed by atoms with Crippen molar-refractivity contribution in [3.63, 3.8) is 0 Å². The summed E-state index contributed by atoms with van der Waals surface area (Å²) in [6.07, 6.45) is 2.97. The van der Waals surface area contributed by atoms with Crippen molar-refractivity contribution >= 4 is 26.7 Å². The number of nitrogens with zero attached hydrogens (tertiary/aromatic N) is 2. The Labute approximate surface area is 112 Å². The number of sulfone groups is 1. The maximum Gasteiger partial charge on any atom is 0.150 e. The maximum absolute atomic E-state index is 11.4. The van der Waals surface area contributed by atoms with Crippen LogP contribution in [-0.4, -0.2) is 35.9 Å². The summed E-state index contributed by atoms with van der Waals surface area (Å²) in [6, 6.07) is 7.85. The van der Waals surface area contributed by atoms with Gasteiger partial charge in [0.05, 0.1) is 28.7 Å². The minimum atomic E-state index is -2.82. The van der Waals surface area contributed by atoms with Crippen molar-refractivity contribution in [2.24, 2.45) is 0 Å². The minimum Gasteiger partial charge on any atom is -0.366 e. The highest BCUT2D eigenvalue weighted by Crippen LogP contribution is 2.18. The summed E-state index contributed by atoms with van der Waals surface area (Å²) in [6.45, 7) is 0. The first-order chi connectivity index (χ1) is 9.12. The molecule has 1 aromatic heterocycles. The van der Waals surface area contributed by atoms with Crippen molar-refractivity contribution in [3.8, 4) is 0 Å². The number of anilines is 1. The van der Waals surface area contributed by atoms with Crippen LogP contribution in [0.2, 0.25) is 0 Å². The molecule has 1 fully saturated rings. The van der Waals surface area contributed by atoms with Crippen LogP contribution in [0.1, 0.15) is 12.8 Å². The molecule has 100 valence electrons. The molecule has 0 amide bonds. The average Bonchev–Trinajstić information content (AvgIpc) is 2.41. The first kappa shape index (κ1) is 12.3. The van der Waals surface area contributed by atoms with E-state index in [1.807, 2.05) is 24.3 Å². The van der Waals surface area contributed by atoms with Gasteiger partial charge in [-0.3, -0.25) is 4.98 Å². The number of benzene rings is 1. The van der Waals surface area contributed by atoms with Crippen LogP contribution in [0.5, 0.6) is 0 Å². The lowest BCUT2D eigenvalue weighted by atomic mass is 10.1. The van der Waals surface area contributed by atoms with Gasteiger partial charge in [-0.2, -0.15) is 0 Å². The summed E-state index contributed by atoms with van der Waals surface area (Å²) in [5, 5.41) is 3.27. The van der Waals surface area contributed by atoms with Crippen molar-refractivity contribution in [3.05, 3.63) is 30.5 Å². The van der Waals surface area contributed by atoms with Crippen molar-refractivity contribution in [2.75, 3.05) is 16.8 Å². The Kier molecular flexibility index (Phi) is 3.10. The van der Waals surface area contributed by atoms with Crippen LogP contribution in [0.15, 0.2) is 30.5 Å². The van der Waals surface area contributed by atoms with Gasteiger partial charge >= 0.3 is 0 Å². The molecule has 1 aliphatic rings. The maximum atomic E-state index is 11.4. The van der Waals surface area contributed by atoms with Crippen LogP contribution < -0.4 is 5.32 Å². The minimum absolute atomic E-state index is 0.166. The van der Waals surface area contributed by atoms with Crippen molar-refractivity contribution in [2.45, 2.75) is 18.9 Å². The third-order valence-corrected chi connectivity index (χ3v) is 5.07. The molecule has 0 unspecified atom stereocenters. The summed E-state index contributed by atoms with van der Waals surface area (Å²) in [7, 11) is -2.82. The van der Waals surface area contributed by atoms with Crippen LogP contribution >= 0.6 is 0 Å². The van der Waals surface area contributed by atoms with E-state index < -0.39 is 9.84 Å². The molecule has 0 spiro atoms. The molecule has 2 heterocycles. The van der Waals surface area contributed by atoms with Gasteiger partial charge in [0.25, 0.3) is 0 Å².